The van der Waals surface area contributed by atoms with E-state index in [4.69, 9.17) is 21.1 Å². The number of anilines is 1. The van der Waals surface area contributed by atoms with Crippen molar-refractivity contribution in [1.82, 2.24) is 4.98 Å². The van der Waals surface area contributed by atoms with Crippen LogP contribution in [0.1, 0.15) is 26.7 Å². The lowest BCUT2D eigenvalue weighted by molar-refractivity contribution is -0.131. The molecule has 0 spiro atoms. The molecule has 0 N–H and O–H groups in total. The van der Waals surface area contributed by atoms with Crippen LogP contribution in [0.15, 0.2) is 42.5 Å². The number of thiazole rings is 1. The number of benzene rings is 2. The number of carbonyl (C=O) groups is 1. The van der Waals surface area contributed by atoms with Gasteiger partial charge in [-0.25, -0.2) is 9.37 Å². The van der Waals surface area contributed by atoms with Crippen LogP contribution >= 0.6 is 22.9 Å². The largest absolute Gasteiger partial charge is 0.478 e. The average Bonchev–Trinajstić information content (AvgIpc) is 3.37. The molecule has 1 fully saturated rings. The highest BCUT2D eigenvalue weighted by Gasteiger charge is 2.38. The van der Waals surface area contributed by atoms with Gasteiger partial charge in [-0.2, -0.15) is 0 Å². The molecule has 4 rings (SSSR count). The number of fused-ring (bicyclic) bond motifs is 1. The molecular formula is C22H22ClFN2O3S. The molecule has 3 aromatic rings. The fraction of sp³-hybridized carbons (Fsp3) is 0.364. The molecule has 1 amide bonds. The van der Waals surface area contributed by atoms with Gasteiger partial charge >= 0.3 is 0 Å². The second-order valence-electron chi connectivity index (χ2n) is 7.70. The first kappa shape index (κ1) is 21.0. The number of para-hydroxylation sites is 1. The number of amides is 1. The van der Waals surface area contributed by atoms with E-state index in [1.165, 1.54) is 17.4 Å². The fourth-order valence-corrected chi connectivity index (χ4v) is 4.54. The van der Waals surface area contributed by atoms with Crippen molar-refractivity contribution in [2.24, 2.45) is 0 Å². The van der Waals surface area contributed by atoms with Gasteiger partial charge in [-0.05, 0) is 63.1 Å². The minimum atomic E-state index is -1.18. The van der Waals surface area contributed by atoms with E-state index in [1.807, 2.05) is 0 Å². The minimum absolute atomic E-state index is 0.0860. The van der Waals surface area contributed by atoms with Crippen molar-refractivity contribution >= 4 is 44.2 Å². The molecule has 1 aromatic heterocycles. The summed E-state index contributed by atoms with van der Waals surface area (Å²) >= 11 is 7.22. The van der Waals surface area contributed by atoms with E-state index >= 15 is 0 Å². The second kappa shape index (κ2) is 8.49. The Bertz CT molecular complexity index is 1050. The zero-order valence-corrected chi connectivity index (χ0v) is 18.3. The van der Waals surface area contributed by atoms with Crippen molar-refractivity contribution in [2.75, 3.05) is 18.1 Å². The van der Waals surface area contributed by atoms with E-state index in [1.54, 1.807) is 55.1 Å². The van der Waals surface area contributed by atoms with Gasteiger partial charge in [0.05, 0.1) is 17.3 Å². The summed E-state index contributed by atoms with van der Waals surface area (Å²) in [6.45, 7) is 4.43. The van der Waals surface area contributed by atoms with Gasteiger partial charge in [0.2, 0.25) is 0 Å². The fourth-order valence-electron chi connectivity index (χ4n) is 3.42. The Morgan fingerprint density at radius 1 is 1.33 bits per heavy atom. The highest BCUT2D eigenvalue weighted by molar-refractivity contribution is 7.22. The molecule has 0 saturated carbocycles. The molecule has 0 radical (unpaired) electrons. The molecule has 2 heterocycles. The van der Waals surface area contributed by atoms with Crippen molar-refractivity contribution < 1.29 is 18.7 Å². The third kappa shape index (κ3) is 4.43. The van der Waals surface area contributed by atoms with E-state index in [0.717, 1.165) is 12.8 Å². The predicted octanol–water partition coefficient (Wildman–Crippen LogP) is 5.46. The Hall–Kier alpha value is -2.22. The molecule has 1 aliphatic heterocycles. The highest BCUT2D eigenvalue weighted by atomic mass is 35.5. The maximum Gasteiger partial charge on any atom is 0.272 e. The van der Waals surface area contributed by atoms with E-state index < -0.39 is 11.4 Å². The molecule has 1 aliphatic rings. The Morgan fingerprint density at radius 3 is 2.77 bits per heavy atom. The van der Waals surface area contributed by atoms with Gasteiger partial charge < -0.3 is 9.47 Å². The number of aromatic nitrogens is 1. The first-order chi connectivity index (χ1) is 14.3. The summed E-state index contributed by atoms with van der Waals surface area (Å²) in [4.78, 5) is 19.6. The van der Waals surface area contributed by atoms with Crippen molar-refractivity contribution in [1.29, 1.82) is 0 Å². The molecule has 1 atom stereocenters. The van der Waals surface area contributed by atoms with Gasteiger partial charge in [-0.3, -0.25) is 9.69 Å². The van der Waals surface area contributed by atoms with Crippen LogP contribution in [-0.2, 0) is 9.53 Å². The number of ether oxygens (including phenoxy) is 2. The van der Waals surface area contributed by atoms with E-state index in [2.05, 4.69) is 4.98 Å². The molecule has 5 nitrogen and oxygen atoms in total. The van der Waals surface area contributed by atoms with Crippen molar-refractivity contribution in [3.63, 3.8) is 0 Å². The lowest BCUT2D eigenvalue weighted by Crippen LogP contribution is -2.51. The lowest BCUT2D eigenvalue weighted by atomic mass is 10.1. The smallest absolute Gasteiger partial charge is 0.272 e. The van der Waals surface area contributed by atoms with Crippen LogP contribution in [0.25, 0.3) is 10.2 Å². The van der Waals surface area contributed by atoms with Gasteiger partial charge in [-0.15, -0.1) is 0 Å². The van der Waals surface area contributed by atoms with Gasteiger partial charge in [0.15, 0.2) is 10.7 Å². The zero-order valence-electron chi connectivity index (χ0n) is 16.7. The van der Waals surface area contributed by atoms with E-state index in [0.29, 0.717) is 33.8 Å². The first-order valence-electron chi connectivity index (χ1n) is 9.77. The number of rotatable bonds is 6. The van der Waals surface area contributed by atoms with E-state index in [-0.39, 0.29) is 17.5 Å². The van der Waals surface area contributed by atoms with Crippen LogP contribution in [-0.4, -0.2) is 35.7 Å². The zero-order chi connectivity index (χ0) is 21.3. The SMILES string of the molecule is CC(C)(Oc1ccc(Cl)cc1)C(=O)N(CC1CCCO1)c1nc2c(F)cccc2s1. The molecule has 158 valence electrons. The summed E-state index contributed by atoms with van der Waals surface area (Å²) in [6, 6.07) is 11.6. The van der Waals surface area contributed by atoms with Gasteiger partial charge in [-0.1, -0.05) is 29.0 Å². The standard InChI is InChI=1S/C22H22ClFN2O3S/c1-22(2,29-15-10-8-14(23)9-11-15)20(27)26(13-16-5-4-12-28-16)21-25-19-17(24)6-3-7-18(19)30-21/h3,6-11,16H,4-5,12-13H2,1-2H3. The molecule has 0 aliphatic carbocycles. The maximum atomic E-state index is 14.2. The van der Waals surface area contributed by atoms with Gasteiger partial charge in [0.1, 0.15) is 17.1 Å². The lowest BCUT2D eigenvalue weighted by Gasteiger charge is -2.32. The summed E-state index contributed by atoms with van der Waals surface area (Å²) in [5.74, 6) is -0.145. The summed E-state index contributed by atoms with van der Waals surface area (Å²) in [5.41, 5.74) is -0.915. The summed E-state index contributed by atoms with van der Waals surface area (Å²) in [5, 5.41) is 1.02. The van der Waals surface area contributed by atoms with Gasteiger partial charge in [0, 0.05) is 11.6 Å². The quantitative estimate of drug-likeness (QED) is 0.502. The summed E-state index contributed by atoms with van der Waals surface area (Å²) < 4.78 is 26.6. The Kier molecular flexibility index (Phi) is 5.95. The van der Waals surface area contributed by atoms with Gasteiger partial charge in [0.25, 0.3) is 5.91 Å². The molecule has 1 unspecified atom stereocenters. The molecule has 0 bridgehead atoms. The predicted molar refractivity (Wildman–Crippen MR) is 117 cm³/mol. The van der Waals surface area contributed by atoms with Crippen LogP contribution in [0.2, 0.25) is 5.02 Å². The molecule has 2 aromatic carbocycles. The molecule has 30 heavy (non-hydrogen) atoms. The minimum Gasteiger partial charge on any atom is -0.478 e. The van der Waals surface area contributed by atoms with Crippen LogP contribution in [0.3, 0.4) is 0 Å². The monoisotopic (exact) mass is 448 g/mol. The molecular weight excluding hydrogens is 427 g/mol. The Balaban J connectivity index is 1.65. The average molecular weight is 449 g/mol. The van der Waals surface area contributed by atoms with Crippen LogP contribution < -0.4 is 9.64 Å². The third-order valence-corrected chi connectivity index (χ3v) is 6.24. The summed E-state index contributed by atoms with van der Waals surface area (Å²) in [7, 11) is 0. The second-order valence-corrected chi connectivity index (χ2v) is 9.15. The molecule has 1 saturated heterocycles. The van der Waals surface area contributed by atoms with Crippen LogP contribution in [0, 0.1) is 5.82 Å². The van der Waals surface area contributed by atoms with Crippen molar-refractivity contribution in [3.8, 4) is 5.75 Å². The third-order valence-electron chi connectivity index (χ3n) is 4.95. The normalized spacial score (nSPS) is 16.7. The topological polar surface area (TPSA) is 51.7 Å². The number of halogens is 2. The van der Waals surface area contributed by atoms with Crippen LogP contribution in [0.4, 0.5) is 9.52 Å². The van der Waals surface area contributed by atoms with Crippen molar-refractivity contribution in [3.05, 3.63) is 53.3 Å². The van der Waals surface area contributed by atoms with Crippen LogP contribution in [0.5, 0.6) is 5.75 Å². The van der Waals surface area contributed by atoms with Crippen molar-refractivity contribution in [2.45, 2.75) is 38.4 Å². The first-order valence-corrected chi connectivity index (χ1v) is 11.0. The Morgan fingerprint density at radius 2 is 2.10 bits per heavy atom. The summed E-state index contributed by atoms with van der Waals surface area (Å²) in [6.07, 6.45) is 1.73. The molecule has 8 heteroatoms. The number of hydrogen-bond acceptors (Lipinski definition) is 5. The number of hydrogen-bond donors (Lipinski definition) is 0. The number of carbonyl (C=O) groups excluding carboxylic acids is 1. The maximum absolute atomic E-state index is 14.2. The number of nitrogens with zero attached hydrogens (tertiary/aromatic N) is 2. The van der Waals surface area contributed by atoms with E-state index in [9.17, 15) is 9.18 Å². The Labute approximate surface area is 183 Å². The highest BCUT2D eigenvalue weighted by Crippen LogP contribution is 2.33.